The van der Waals surface area contributed by atoms with Gasteiger partial charge in [0.1, 0.15) is 13.2 Å². The predicted octanol–water partition coefficient (Wildman–Crippen LogP) is 2.58. The van der Waals surface area contributed by atoms with Gasteiger partial charge in [0.2, 0.25) is 5.91 Å². The molecule has 24 heavy (non-hydrogen) atoms. The fourth-order valence-corrected chi connectivity index (χ4v) is 3.29. The van der Waals surface area contributed by atoms with Gasteiger partial charge >= 0.3 is 0 Å². The number of carbonyl (C=O) groups is 1. The molecule has 0 aromatic heterocycles. The zero-order chi connectivity index (χ0) is 17.2. The molecule has 2 aliphatic heterocycles. The fourth-order valence-electron chi connectivity index (χ4n) is 3.29. The lowest BCUT2D eigenvalue weighted by molar-refractivity contribution is -0.140. The molecule has 2 heterocycles. The second-order valence-electron chi connectivity index (χ2n) is 7.64. The topological polar surface area (TPSA) is 50.8 Å². The van der Waals surface area contributed by atoms with Crippen LogP contribution < -0.4 is 14.8 Å². The van der Waals surface area contributed by atoms with Gasteiger partial charge in [0.05, 0.1) is 0 Å². The molecule has 0 saturated carbocycles. The second-order valence-corrected chi connectivity index (χ2v) is 7.64. The summed E-state index contributed by atoms with van der Waals surface area (Å²) in [5.74, 6) is 1.96. The van der Waals surface area contributed by atoms with Crippen molar-refractivity contribution in [1.82, 2.24) is 10.2 Å². The first kappa shape index (κ1) is 17.1. The Labute approximate surface area is 144 Å². The summed E-state index contributed by atoms with van der Waals surface area (Å²) in [7, 11) is 0. The summed E-state index contributed by atoms with van der Waals surface area (Å²) in [6, 6.07) is 6.48. The second kappa shape index (κ2) is 7.01. The Morgan fingerprint density at radius 1 is 1.21 bits per heavy atom. The van der Waals surface area contributed by atoms with Gasteiger partial charge in [-0.05, 0) is 18.9 Å². The number of fused-ring (bicyclic) bond motifs is 1. The zero-order valence-electron chi connectivity index (χ0n) is 14.9. The first-order chi connectivity index (χ1) is 11.4. The van der Waals surface area contributed by atoms with E-state index >= 15 is 0 Å². The van der Waals surface area contributed by atoms with E-state index in [1.807, 2.05) is 37.8 Å². The summed E-state index contributed by atoms with van der Waals surface area (Å²) in [6.07, 6.45) is 1.99. The smallest absolute Gasteiger partial charge is 0.227 e. The van der Waals surface area contributed by atoms with Crippen molar-refractivity contribution in [2.45, 2.75) is 46.2 Å². The van der Waals surface area contributed by atoms with Crippen LogP contribution in [0.25, 0.3) is 0 Å². The Balaban J connectivity index is 1.52. The maximum Gasteiger partial charge on any atom is 0.227 e. The molecule has 1 aromatic rings. The molecule has 5 heteroatoms. The molecule has 1 fully saturated rings. The largest absolute Gasteiger partial charge is 0.486 e. The van der Waals surface area contributed by atoms with Crippen LogP contribution in [0.15, 0.2) is 18.2 Å². The molecule has 1 amide bonds. The van der Waals surface area contributed by atoms with Gasteiger partial charge in [-0.3, -0.25) is 4.79 Å². The van der Waals surface area contributed by atoms with E-state index in [4.69, 9.17) is 9.47 Å². The van der Waals surface area contributed by atoms with Gasteiger partial charge in [-0.1, -0.05) is 32.9 Å². The minimum atomic E-state index is -0.291. The number of para-hydroxylation sites is 1. The summed E-state index contributed by atoms with van der Waals surface area (Å²) >= 11 is 0. The lowest BCUT2D eigenvalue weighted by Crippen LogP contribution is -2.48. The van der Waals surface area contributed by atoms with Gasteiger partial charge in [-0.2, -0.15) is 0 Å². The normalized spacial score (nSPS) is 18.5. The molecule has 5 nitrogen and oxygen atoms in total. The third-order valence-corrected chi connectivity index (χ3v) is 4.65. The first-order valence-electron chi connectivity index (χ1n) is 8.85. The Morgan fingerprint density at radius 3 is 2.62 bits per heavy atom. The minimum Gasteiger partial charge on any atom is -0.486 e. The van der Waals surface area contributed by atoms with Gasteiger partial charge < -0.3 is 19.7 Å². The van der Waals surface area contributed by atoms with E-state index in [2.05, 4.69) is 11.4 Å². The van der Waals surface area contributed by atoms with Crippen molar-refractivity contribution in [3.8, 4) is 11.5 Å². The van der Waals surface area contributed by atoms with Crippen LogP contribution in [0.1, 0.15) is 39.2 Å². The Hall–Kier alpha value is -1.75. The molecule has 0 radical (unpaired) electrons. The van der Waals surface area contributed by atoms with E-state index < -0.39 is 0 Å². The molecular weight excluding hydrogens is 304 g/mol. The van der Waals surface area contributed by atoms with Crippen molar-refractivity contribution in [3.63, 3.8) is 0 Å². The number of ether oxygens (including phenoxy) is 2. The average molecular weight is 332 g/mol. The maximum absolute atomic E-state index is 12.3. The molecule has 0 atom stereocenters. The van der Waals surface area contributed by atoms with E-state index in [-0.39, 0.29) is 11.3 Å². The number of piperidine rings is 1. The van der Waals surface area contributed by atoms with Crippen LogP contribution in [-0.2, 0) is 11.3 Å². The third kappa shape index (κ3) is 3.83. The van der Waals surface area contributed by atoms with Crippen molar-refractivity contribution < 1.29 is 14.3 Å². The molecule has 132 valence electrons. The highest BCUT2D eigenvalue weighted by Gasteiger charge is 2.30. The third-order valence-electron chi connectivity index (χ3n) is 4.65. The molecule has 1 aromatic carbocycles. The number of amides is 1. The van der Waals surface area contributed by atoms with Crippen molar-refractivity contribution in [2.75, 3.05) is 26.3 Å². The van der Waals surface area contributed by atoms with Crippen LogP contribution in [0.3, 0.4) is 0 Å². The van der Waals surface area contributed by atoms with Crippen molar-refractivity contribution in [1.29, 1.82) is 0 Å². The van der Waals surface area contributed by atoms with Gasteiger partial charge in [0.15, 0.2) is 11.5 Å². The Bertz CT molecular complexity index is 587. The Morgan fingerprint density at radius 2 is 1.92 bits per heavy atom. The van der Waals surface area contributed by atoms with Crippen molar-refractivity contribution >= 4 is 5.91 Å². The molecule has 0 spiro atoms. The van der Waals surface area contributed by atoms with Crippen LogP contribution in [0, 0.1) is 5.41 Å². The van der Waals surface area contributed by atoms with E-state index in [1.54, 1.807) is 0 Å². The summed E-state index contributed by atoms with van der Waals surface area (Å²) in [5, 5.41) is 3.61. The molecule has 0 bridgehead atoms. The molecule has 3 rings (SSSR count). The Kier molecular flexibility index (Phi) is 4.99. The summed E-state index contributed by atoms with van der Waals surface area (Å²) in [6.45, 7) is 9.62. The van der Waals surface area contributed by atoms with Gasteiger partial charge in [0.25, 0.3) is 0 Å². The standard InChI is InChI=1S/C19H28N2O3/c1-19(2,3)18(22)21-9-7-15(8-10-21)20-13-14-5-4-6-16-17(14)24-12-11-23-16/h4-6,15,20H,7-13H2,1-3H3. The summed E-state index contributed by atoms with van der Waals surface area (Å²) in [4.78, 5) is 14.3. The molecule has 1 N–H and O–H groups in total. The first-order valence-corrected chi connectivity index (χ1v) is 8.85. The number of nitrogens with one attached hydrogen (secondary N) is 1. The highest BCUT2D eigenvalue weighted by atomic mass is 16.6. The van der Waals surface area contributed by atoms with Crippen LogP contribution in [-0.4, -0.2) is 43.2 Å². The number of benzene rings is 1. The SMILES string of the molecule is CC(C)(C)C(=O)N1CCC(NCc2cccc3c2OCCO3)CC1. The molecule has 1 saturated heterocycles. The summed E-state index contributed by atoms with van der Waals surface area (Å²) in [5.41, 5.74) is 0.848. The average Bonchev–Trinajstić information content (AvgIpc) is 2.59. The lowest BCUT2D eigenvalue weighted by Gasteiger charge is -2.36. The number of rotatable bonds is 3. The number of carbonyl (C=O) groups excluding carboxylic acids is 1. The van der Waals surface area contributed by atoms with Crippen LogP contribution in [0.2, 0.25) is 0 Å². The predicted molar refractivity (Wildman–Crippen MR) is 93.3 cm³/mol. The monoisotopic (exact) mass is 332 g/mol. The zero-order valence-corrected chi connectivity index (χ0v) is 14.9. The maximum atomic E-state index is 12.3. The number of likely N-dealkylation sites (tertiary alicyclic amines) is 1. The van der Waals surface area contributed by atoms with Gasteiger partial charge in [-0.25, -0.2) is 0 Å². The van der Waals surface area contributed by atoms with Gasteiger partial charge in [-0.15, -0.1) is 0 Å². The molecule has 0 unspecified atom stereocenters. The van der Waals surface area contributed by atoms with E-state index in [0.29, 0.717) is 19.3 Å². The van der Waals surface area contributed by atoms with Crippen LogP contribution in [0.5, 0.6) is 11.5 Å². The lowest BCUT2D eigenvalue weighted by atomic mass is 9.93. The quantitative estimate of drug-likeness (QED) is 0.924. The highest BCUT2D eigenvalue weighted by molar-refractivity contribution is 5.81. The van der Waals surface area contributed by atoms with Crippen LogP contribution in [0.4, 0.5) is 0 Å². The highest BCUT2D eigenvalue weighted by Crippen LogP contribution is 2.33. The molecular formula is C19H28N2O3. The number of nitrogens with zero attached hydrogens (tertiary/aromatic N) is 1. The van der Waals surface area contributed by atoms with E-state index in [0.717, 1.165) is 49.5 Å². The summed E-state index contributed by atoms with van der Waals surface area (Å²) < 4.78 is 11.4. The van der Waals surface area contributed by atoms with E-state index in [1.165, 1.54) is 0 Å². The number of hydrogen-bond acceptors (Lipinski definition) is 4. The molecule has 0 aliphatic carbocycles. The van der Waals surface area contributed by atoms with E-state index in [9.17, 15) is 4.79 Å². The van der Waals surface area contributed by atoms with Crippen molar-refractivity contribution in [3.05, 3.63) is 23.8 Å². The number of hydrogen-bond donors (Lipinski definition) is 1. The van der Waals surface area contributed by atoms with Gasteiger partial charge in [0, 0.05) is 36.7 Å². The van der Waals surface area contributed by atoms with Crippen molar-refractivity contribution in [2.24, 2.45) is 5.41 Å². The van der Waals surface area contributed by atoms with Crippen LogP contribution >= 0.6 is 0 Å². The minimum absolute atomic E-state index is 0.253. The molecule has 2 aliphatic rings. The fraction of sp³-hybridized carbons (Fsp3) is 0.632.